The number of carbonyl (C=O) groups is 1. The van der Waals surface area contributed by atoms with Crippen LogP contribution in [-0.4, -0.2) is 27.5 Å². The van der Waals surface area contributed by atoms with Gasteiger partial charge >= 0.3 is 0 Å². The number of carbonyl (C=O) groups excluding carboxylic acids is 1. The Balaban J connectivity index is 1.62. The number of benzene rings is 1. The highest BCUT2D eigenvalue weighted by Crippen LogP contribution is 2.33. The van der Waals surface area contributed by atoms with Crippen LogP contribution in [0.3, 0.4) is 0 Å². The predicted octanol–water partition coefficient (Wildman–Crippen LogP) is 4.30. The number of aromatic nitrogens is 2. The van der Waals surface area contributed by atoms with Crippen molar-refractivity contribution in [2.45, 2.75) is 25.3 Å². The topological polar surface area (TPSA) is 59.2 Å². The fraction of sp³-hybridized carbons (Fsp3) is 0.278. The van der Waals surface area contributed by atoms with E-state index in [9.17, 15) is 9.18 Å². The minimum absolute atomic E-state index is 0.00907. The fourth-order valence-corrected chi connectivity index (χ4v) is 3.77. The standard InChI is InChI=1S/C18H16FN3O2S/c19-13-6-3-5-12(11-13)16-20-17(24-21-16)14-7-1-2-9-22(14)18(23)15-8-4-10-25-15/h3-6,8,10-11,14H,1-2,7,9H2/t14-/m1/s1. The van der Waals surface area contributed by atoms with Crippen LogP contribution >= 0.6 is 11.3 Å². The van der Waals surface area contributed by atoms with Gasteiger partial charge in [0.2, 0.25) is 11.7 Å². The fourth-order valence-electron chi connectivity index (χ4n) is 3.09. The minimum Gasteiger partial charge on any atom is -0.337 e. The van der Waals surface area contributed by atoms with Crippen molar-refractivity contribution in [2.75, 3.05) is 6.54 Å². The first-order chi connectivity index (χ1) is 12.2. The van der Waals surface area contributed by atoms with Crippen molar-refractivity contribution in [2.24, 2.45) is 0 Å². The number of piperidine rings is 1. The summed E-state index contributed by atoms with van der Waals surface area (Å²) < 4.78 is 18.8. The third-order valence-electron chi connectivity index (χ3n) is 4.31. The van der Waals surface area contributed by atoms with Crippen molar-refractivity contribution in [1.82, 2.24) is 15.0 Å². The largest absolute Gasteiger partial charge is 0.337 e. The molecule has 1 aromatic carbocycles. The average Bonchev–Trinajstić information content (AvgIpc) is 3.33. The van der Waals surface area contributed by atoms with Gasteiger partial charge in [-0.15, -0.1) is 11.3 Å². The molecule has 0 aliphatic carbocycles. The Kier molecular flexibility index (Phi) is 4.31. The highest BCUT2D eigenvalue weighted by Gasteiger charge is 2.33. The molecule has 0 unspecified atom stereocenters. The van der Waals surface area contributed by atoms with Gasteiger partial charge in [-0.3, -0.25) is 4.79 Å². The van der Waals surface area contributed by atoms with Crippen molar-refractivity contribution in [3.63, 3.8) is 0 Å². The molecule has 1 fully saturated rings. The molecule has 0 bridgehead atoms. The number of halogens is 1. The summed E-state index contributed by atoms with van der Waals surface area (Å²) in [5.74, 6) is 0.383. The van der Waals surface area contributed by atoms with E-state index in [1.807, 2.05) is 17.5 Å². The van der Waals surface area contributed by atoms with E-state index < -0.39 is 0 Å². The van der Waals surface area contributed by atoms with Crippen LogP contribution in [0, 0.1) is 5.82 Å². The monoisotopic (exact) mass is 357 g/mol. The molecular formula is C18H16FN3O2S. The van der Waals surface area contributed by atoms with Crippen molar-refractivity contribution < 1.29 is 13.7 Å². The van der Waals surface area contributed by atoms with Crippen LogP contribution in [-0.2, 0) is 0 Å². The van der Waals surface area contributed by atoms with Crippen molar-refractivity contribution in [1.29, 1.82) is 0 Å². The van der Waals surface area contributed by atoms with Crippen LogP contribution in [0.25, 0.3) is 11.4 Å². The van der Waals surface area contributed by atoms with Crippen LogP contribution in [0.15, 0.2) is 46.3 Å². The van der Waals surface area contributed by atoms with Gasteiger partial charge in [-0.25, -0.2) is 4.39 Å². The zero-order valence-electron chi connectivity index (χ0n) is 13.4. The van der Waals surface area contributed by atoms with E-state index in [4.69, 9.17) is 4.52 Å². The number of amides is 1. The predicted molar refractivity (Wildman–Crippen MR) is 91.6 cm³/mol. The normalized spacial score (nSPS) is 17.6. The van der Waals surface area contributed by atoms with E-state index in [0.29, 0.717) is 28.7 Å². The second-order valence-electron chi connectivity index (χ2n) is 5.95. The van der Waals surface area contributed by atoms with Gasteiger partial charge in [0.15, 0.2) is 0 Å². The van der Waals surface area contributed by atoms with E-state index >= 15 is 0 Å². The maximum atomic E-state index is 13.4. The molecule has 0 radical (unpaired) electrons. The molecule has 3 aromatic rings. The Morgan fingerprint density at radius 3 is 3.00 bits per heavy atom. The number of nitrogens with zero attached hydrogens (tertiary/aromatic N) is 3. The third kappa shape index (κ3) is 3.19. The van der Waals surface area contributed by atoms with Gasteiger partial charge in [-0.2, -0.15) is 4.98 Å². The van der Waals surface area contributed by atoms with E-state index in [0.717, 1.165) is 19.3 Å². The van der Waals surface area contributed by atoms with Crippen LogP contribution in [0.2, 0.25) is 0 Å². The quantitative estimate of drug-likeness (QED) is 0.701. The summed E-state index contributed by atoms with van der Waals surface area (Å²) in [5, 5.41) is 5.86. The second kappa shape index (κ2) is 6.76. The van der Waals surface area contributed by atoms with Gasteiger partial charge in [-0.1, -0.05) is 23.4 Å². The Hall–Kier alpha value is -2.54. The summed E-state index contributed by atoms with van der Waals surface area (Å²) in [6.45, 7) is 0.666. The lowest BCUT2D eigenvalue weighted by molar-refractivity contribution is 0.0566. The molecule has 4 rings (SSSR count). The number of hydrogen-bond donors (Lipinski definition) is 0. The van der Waals surface area contributed by atoms with Crippen LogP contribution in [0.4, 0.5) is 4.39 Å². The molecule has 25 heavy (non-hydrogen) atoms. The molecule has 1 atom stereocenters. The van der Waals surface area contributed by atoms with Gasteiger partial charge < -0.3 is 9.42 Å². The SMILES string of the molecule is O=C(c1cccs1)N1CCCC[C@@H]1c1nc(-c2cccc(F)c2)no1. The van der Waals surface area contributed by atoms with E-state index in [2.05, 4.69) is 10.1 Å². The summed E-state index contributed by atoms with van der Waals surface area (Å²) in [5.41, 5.74) is 0.557. The second-order valence-corrected chi connectivity index (χ2v) is 6.90. The van der Waals surface area contributed by atoms with Crippen LogP contribution in [0.1, 0.15) is 40.9 Å². The lowest BCUT2D eigenvalue weighted by Gasteiger charge is -2.33. The van der Waals surface area contributed by atoms with Gasteiger partial charge in [0.25, 0.3) is 5.91 Å². The zero-order chi connectivity index (χ0) is 17.2. The summed E-state index contributed by atoms with van der Waals surface area (Å²) in [6.07, 6.45) is 2.73. The molecule has 0 saturated carbocycles. The highest BCUT2D eigenvalue weighted by atomic mass is 32.1. The Labute approximate surface area is 148 Å². The van der Waals surface area contributed by atoms with Crippen LogP contribution < -0.4 is 0 Å². The summed E-state index contributed by atoms with van der Waals surface area (Å²) in [6, 6.07) is 9.52. The summed E-state index contributed by atoms with van der Waals surface area (Å²) >= 11 is 1.43. The first-order valence-electron chi connectivity index (χ1n) is 8.16. The minimum atomic E-state index is -0.351. The van der Waals surface area contributed by atoms with Crippen molar-refractivity contribution in [3.05, 3.63) is 58.4 Å². The number of likely N-dealkylation sites (tertiary alicyclic amines) is 1. The molecule has 128 valence electrons. The number of hydrogen-bond acceptors (Lipinski definition) is 5. The molecule has 2 aromatic heterocycles. The van der Waals surface area contributed by atoms with Crippen LogP contribution in [0.5, 0.6) is 0 Å². The lowest BCUT2D eigenvalue weighted by Crippen LogP contribution is -2.38. The van der Waals surface area contributed by atoms with Gasteiger partial charge in [-0.05, 0) is 42.8 Å². The molecule has 5 nitrogen and oxygen atoms in total. The van der Waals surface area contributed by atoms with Gasteiger partial charge in [0, 0.05) is 12.1 Å². The summed E-state index contributed by atoms with van der Waals surface area (Å²) in [7, 11) is 0. The number of thiophene rings is 1. The zero-order valence-corrected chi connectivity index (χ0v) is 14.2. The van der Waals surface area contributed by atoms with E-state index in [1.165, 1.54) is 23.5 Å². The van der Waals surface area contributed by atoms with E-state index in [-0.39, 0.29) is 17.8 Å². The molecule has 1 saturated heterocycles. The molecule has 1 amide bonds. The molecule has 0 N–H and O–H groups in total. The van der Waals surface area contributed by atoms with Crippen molar-refractivity contribution >= 4 is 17.2 Å². The summed E-state index contributed by atoms with van der Waals surface area (Å²) in [4.78, 5) is 19.7. The first kappa shape index (κ1) is 16.0. The molecule has 0 spiro atoms. The Morgan fingerprint density at radius 2 is 2.20 bits per heavy atom. The molecule has 1 aliphatic rings. The number of rotatable bonds is 3. The molecule has 7 heteroatoms. The molecule has 3 heterocycles. The average molecular weight is 357 g/mol. The Bertz CT molecular complexity index is 878. The van der Waals surface area contributed by atoms with Gasteiger partial charge in [0.05, 0.1) is 4.88 Å². The Morgan fingerprint density at radius 1 is 1.28 bits per heavy atom. The first-order valence-corrected chi connectivity index (χ1v) is 9.04. The van der Waals surface area contributed by atoms with E-state index in [1.54, 1.807) is 17.0 Å². The van der Waals surface area contributed by atoms with Gasteiger partial charge in [0.1, 0.15) is 11.9 Å². The highest BCUT2D eigenvalue weighted by molar-refractivity contribution is 7.12. The third-order valence-corrected chi connectivity index (χ3v) is 5.16. The lowest BCUT2D eigenvalue weighted by atomic mass is 10.0. The maximum Gasteiger partial charge on any atom is 0.264 e. The smallest absolute Gasteiger partial charge is 0.264 e. The molecular weight excluding hydrogens is 341 g/mol. The maximum absolute atomic E-state index is 13.4. The molecule has 1 aliphatic heterocycles. The van der Waals surface area contributed by atoms with Crippen molar-refractivity contribution in [3.8, 4) is 11.4 Å².